The van der Waals surface area contributed by atoms with Gasteiger partial charge in [0.25, 0.3) is 0 Å². The number of rotatable bonds is 7. The zero-order valence-electron chi connectivity index (χ0n) is 11.4. The molecule has 0 aliphatic heterocycles. The summed E-state index contributed by atoms with van der Waals surface area (Å²) in [6, 6.07) is 0.795. The minimum absolute atomic E-state index is 0.795. The predicted molar refractivity (Wildman–Crippen MR) is 77.3 cm³/mol. The molecule has 0 bridgehead atoms. The molecular weight excluding hydrogens is 242 g/mol. The molecule has 2 fully saturated rings. The topological polar surface area (TPSA) is 28.2 Å². The Morgan fingerprint density at radius 3 is 2.72 bits per heavy atom. The van der Waals surface area contributed by atoms with E-state index in [1.54, 1.807) is 0 Å². The van der Waals surface area contributed by atoms with Crippen LogP contribution < -0.4 is 10.2 Å². The first-order valence-corrected chi connectivity index (χ1v) is 8.03. The van der Waals surface area contributed by atoms with Crippen LogP contribution in [-0.2, 0) is 6.54 Å². The maximum Gasteiger partial charge on any atom is 0.186 e. The van der Waals surface area contributed by atoms with E-state index in [-0.39, 0.29) is 0 Å². The van der Waals surface area contributed by atoms with Crippen molar-refractivity contribution in [3.05, 3.63) is 10.6 Å². The number of hydrogen-bond acceptors (Lipinski definition) is 4. The second-order valence-corrected chi connectivity index (χ2v) is 6.67. The summed E-state index contributed by atoms with van der Waals surface area (Å²) in [7, 11) is 0. The third-order valence-corrected chi connectivity index (χ3v) is 5.00. The molecule has 0 saturated heterocycles. The van der Waals surface area contributed by atoms with Gasteiger partial charge in [-0.25, -0.2) is 4.98 Å². The van der Waals surface area contributed by atoms with Gasteiger partial charge in [-0.15, -0.1) is 11.3 Å². The van der Waals surface area contributed by atoms with Gasteiger partial charge in [0.05, 0.1) is 5.69 Å². The van der Waals surface area contributed by atoms with Gasteiger partial charge >= 0.3 is 0 Å². The Labute approximate surface area is 114 Å². The molecule has 2 aliphatic carbocycles. The standard InChI is InChI=1S/C14H23N3S/c1-3-15-8-13-10(2)16-14(18-13)17(12-6-7-12)9-11-4-5-11/h11-12,15H,3-9H2,1-2H3. The first kappa shape index (κ1) is 12.4. The number of nitrogens with zero attached hydrogens (tertiary/aromatic N) is 2. The molecule has 4 heteroatoms. The van der Waals surface area contributed by atoms with Gasteiger partial charge in [-0.05, 0) is 45.1 Å². The minimum Gasteiger partial charge on any atom is -0.345 e. The van der Waals surface area contributed by atoms with E-state index in [2.05, 4.69) is 24.1 Å². The number of thiazole rings is 1. The number of aromatic nitrogens is 1. The average Bonchev–Trinajstić information content (AvgIpc) is 3.23. The summed E-state index contributed by atoms with van der Waals surface area (Å²) in [6.45, 7) is 7.55. The molecule has 3 nitrogen and oxygen atoms in total. The summed E-state index contributed by atoms with van der Waals surface area (Å²) in [5, 5.41) is 4.68. The molecular formula is C14H23N3S. The van der Waals surface area contributed by atoms with Crippen LogP contribution in [0.3, 0.4) is 0 Å². The van der Waals surface area contributed by atoms with E-state index >= 15 is 0 Å². The van der Waals surface area contributed by atoms with Gasteiger partial charge in [-0.2, -0.15) is 0 Å². The van der Waals surface area contributed by atoms with Crippen molar-refractivity contribution in [1.29, 1.82) is 0 Å². The third-order valence-electron chi connectivity index (χ3n) is 3.80. The Kier molecular flexibility index (Phi) is 3.57. The molecule has 1 N–H and O–H groups in total. The molecule has 0 unspecified atom stereocenters. The van der Waals surface area contributed by atoms with Crippen LogP contribution >= 0.6 is 11.3 Å². The molecule has 3 rings (SSSR count). The summed E-state index contributed by atoms with van der Waals surface area (Å²) in [6.07, 6.45) is 5.59. The van der Waals surface area contributed by atoms with Crippen molar-refractivity contribution in [2.24, 2.45) is 5.92 Å². The van der Waals surface area contributed by atoms with Crippen molar-refractivity contribution in [3.8, 4) is 0 Å². The third kappa shape index (κ3) is 2.86. The maximum absolute atomic E-state index is 4.81. The normalized spacial score (nSPS) is 19.2. The van der Waals surface area contributed by atoms with Crippen LogP contribution in [0.25, 0.3) is 0 Å². The lowest BCUT2D eigenvalue weighted by molar-refractivity contribution is 0.714. The predicted octanol–water partition coefficient (Wildman–Crippen LogP) is 2.94. The van der Waals surface area contributed by atoms with Gasteiger partial charge in [-0.3, -0.25) is 0 Å². The number of hydrogen-bond donors (Lipinski definition) is 1. The Bertz CT molecular complexity index is 407. The Morgan fingerprint density at radius 2 is 2.11 bits per heavy atom. The van der Waals surface area contributed by atoms with E-state index in [9.17, 15) is 0 Å². The number of anilines is 1. The summed E-state index contributed by atoms with van der Waals surface area (Å²) in [5.41, 5.74) is 1.22. The second kappa shape index (κ2) is 5.17. The second-order valence-electron chi connectivity index (χ2n) is 5.61. The summed E-state index contributed by atoms with van der Waals surface area (Å²) < 4.78 is 0. The summed E-state index contributed by atoms with van der Waals surface area (Å²) in [5.74, 6) is 0.951. The summed E-state index contributed by atoms with van der Waals surface area (Å²) in [4.78, 5) is 8.81. The highest BCUT2D eigenvalue weighted by Gasteiger charge is 2.35. The van der Waals surface area contributed by atoms with Crippen molar-refractivity contribution in [1.82, 2.24) is 10.3 Å². The van der Waals surface area contributed by atoms with Crippen LogP contribution in [-0.4, -0.2) is 24.1 Å². The molecule has 0 radical (unpaired) electrons. The lowest BCUT2D eigenvalue weighted by atomic mass is 10.3. The quantitative estimate of drug-likeness (QED) is 0.821. The number of aryl methyl sites for hydroxylation is 1. The van der Waals surface area contributed by atoms with Gasteiger partial charge in [0.15, 0.2) is 5.13 Å². The molecule has 1 aromatic rings. The lowest BCUT2D eigenvalue weighted by Gasteiger charge is -2.21. The van der Waals surface area contributed by atoms with Gasteiger partial charge in [0.2, 0.25) is 0 Å². The number of nitrogens with one attached hydrogen (secondary N) is 1. The zero-order valence-corrected chi connectivity index (χ0v) is 12.2. The van der Waals surface area contributed by atoms with Crippen molar-refractivity contribution in [3.63, 3.8) is 0 Å². The Hall–Kier alpha value is -0.610. The highest BCUT2D eigenvalue weighted by molar-refractivity contribution is 7.15. The molecule has 1 heterocycles. The fourth-order valence-electron chi connectivity index (χ4n) is 2.29. The zero-order chi connectivity index (χ0) is 12.5. The van der Waals surface area contributed by atoms with Crippen molar-refractivity contribution < 1.29 is 0 Å². The molecule has 1 aromatic heterocycles. The molecule has 2 aliphatic rings. The van der Waals surface area contributed by atoms with E-state index in [0.29, 0.717) is 0 Å². The fourth-order valence-corrected chi connectivity index (χ4v) is 3.40. The molecule has 0 atom stereocenters. The van der Waals surface area contributed by atoms with Crippen molar-refractivity contribution in [2.75, 3.05) is 18.0 Å². The monoisotopic (exact) mass is 265 g/mol. The molecule has 18 heavy (non-hydrogen) atoms. The summed E-state index contributed by atoms with van der Waals surface area (Å²) >= 11 is 1.90. The molecule has 100 valence electrons. The SMILES string of the molecule is CCNCc1sc(N(CC2CC2)C2CC2)nc1C. The molecule has 0 amide bonds. The van der Waals surface area contributed by atoms with Crippen LogP contribution in [0.4, 0.5) is 5.13 Å². The smallest absolute Gasteiger partial charge is 0.186 e. The van der Waals surface area contributed by atoms with E-state index in [4.69, 9.17) is 4.98 Å². The lowest BCUT2D eigenvalue weighted by Crippen LogP contribution is -2.27. The van der Waals surface area contributed by atoms with Crippen LogP contribution in [0.2, 0.25) is 0 Å². The van der Waals surface area contributed by atoms with E-state index in [1.165, 1.54) is 47.9 Å². The molecule has 0 aromatic carbocycles. The Morgan fingerprint density at radius 1 is 1.33 bits per heavy atom. The van der Waals surface area contributed by atoms with Crippen molar-refractivity contribution >= 4 is 16.5 Å². The van der Waals surface area contributed by atoms with Crippen LogP contribution in [0.1, 0.15) is 43.2 Å². The first-order valence-electron chi connectivity index (χ1n) is 7.21. The van der Waals surface area contributed by atoms with E-state index < -0.39 is 0 Å². The highest BCUT2D eigenvalue weighted by Crippen LogP contribution is 2.39. The van der Waals surface area contributed by atoms with Crippen molar-refractivity contribution in [2.45, 2.75) is 52.1 Å². The first-order chi connectivity index (χ1) is 8.78. The average molecular weight is 265 g/mol. The largest absolute Gasteiger partial charge is 0.345 e. The van der Waals surface area contributed by atoms with E-state index in [0.717, 1.165) is 25.0 Å². The van der Waals surface area contributed by atoms with Crippen LogP contribution in [0, 0.1) is 12.8 Å². The van der Waals surface area contributed by atoms with Gasteiger partial charge in [0.1, 0.15) is 0 Å². The maximum atomic E-state index is 4.81. The van der Waals surface area contributed by atoms with Gasteiger partial charge < -0.3 is 10.2 Å². The minimum atomic E-state index is 0.795. The Balaban J connectivity index is 1.71. The van der Waals surface area contributed by atoms with Gasteiger partial charge in [0, 0.05) is 24.0 Å². The van der Waals surface area contributed by atoms with Crippen LogP contribution in [0.15, 0.2) is 0 Å². The van der Waals surface area contributed by atoms with E-state index in [1.807, 2.05) is 11.3 Å². The molecule has 2 saturated carbocycles. The van der Waals surface area contributed by atoms with Crippen LogP contribution in [0.5, 0.6) is 0 Å². The fraction of sp³-hybridized carbons (Fsp3) is 0.786. The molecule has 0 spiro atoms. The van der Waals surface area contributed by atoms with Gasteiger partial charge in [-0.1, -0.05) is 6.92 Å². The highest BCUT2D eigenvalue weighted by atomic mass is 32.1.